The van der Waals surface area contributed by atoms with Crippen LogP contribution in [0.5, 0.6) is 0 Å². The van der Waals surface area contributed by atoms with Gasteiger partial charge in [0, 0.05) is 13.2 Å². The molecule has 1 aliphatic rings. The van der Waals surface area contributed by atoms with E-state index in [0.29, 0.717) is 31.4 Å². The molecule has 0 saturated carbocycles. The van der Waals surface area contributed by atoms with Crippen LogP contribution in [0, 0.1) is 0 Å². The van der Waals surface area contributed by atoms with Crippen molar-refractivity contribution in [3.05, 3.63) is 95.7 Å². The molecule has 0 aliphatic carbocycles. The Labute approximate surface area is 164 Å². The SMILES string of the molecule is c1ccc(C2(c3nnc(Cc4cccc5ccccc45)o3)CCOCC2)cc1. The van der Waals surface area contributed by atoms with Gasteiger partial charge in [0.15, 0.2) is 0 Å². The van der Waals surface area contributed by atoms with E-state index in [1.807, 2.05) is 6.07 Å². The second kappa shape index (κ2) is 7.21. The highest BCUT2D eigenvalue weighted by molar-refractivity contribution is 5.85. The van der Waals surface area contributed by atoms with Crippen molar-refractivity contribution in [3.8, 4) is 0 Å². The lowest BCUT2D eigenvalue weighted by molar-refractivity contribution is 0.0541. The molecule has 0 spiro atoms. The van der Waals surface area contributed by atoms with Crippen molar-refractivity contribution in [2.45, 2.75) is 24.7 Å². The minimum absolute atomic E-state index is 0.260. The van der Waals surface area contributed by atoms with Crippen molar-refractivity contribution in [2.75, 3.05) is 13.2 Å². The third-order valence-electron chi connectivity index (χ3n) is 5.77. The van der Waals surface area contributed by atoms with E-state index in [-0.39, 0.29) is 5.41 Å². The molecule has 1 fully saturated rings. The first kappa shape index (κ1) is 17.1. The predicted molar refractivity (Wildman–Crippen MR) is 108 cm³/mol. The summed E-state index contributed by atoms with van der Waals surface area (Å²) in [7, 11) is 0. The van der Waals surface area contributed by atoms with Gasteiger partial charge in [0.2, 0.25) is 11.8 Å². The summed E-state index contributed by atoms with van der Waals surface area (Å²) < 4.78 is 11.9. The van der Waals surface area contributed by atoms with Gasteiger partial charge in [-0.15, -0.1) is 10.2 Å². The zero-order valence-corrected chi connectivity index (χ0v) is 15.7. The van der Waals surface area contributed by atoms with Crippen LogP contribution in [0.25, 0.3) is 10.8 Å². The Morgan fingerprint density at radius 3 is 2.39 bits per heavy atom. The van der Waals surface area contributed by atoms with E-state index in [2.05, 4.69) is 76.9 Å². The molecule has 0 atom stereocenters. The molecule has 4 aromatic rings. The molecule has 3 aromatic carbocycles. The fourth-order valence-electron chi connectivity index (χ4n) is 4.23. The Balaban J connectivity index is 1.51. The lowest BCUT2D eigenvalue weighted by Crippen LogP contribution is -2.35. The fourth-order valence-corrected chi connectivity index (χ4v) is 4.23. The summed E-state index contributed by atoms with van der Waals surface area (Å²) in [5, 5.41) is 11.4. The summed E-state index contributed by atoms with van der Waals surface area (Å²) in [6.45, 7) is 1.41. The maximum absolute atomic E-state index is 6.26. The first-order chi connectivity index (χ1) is 13.9. The van der Waals surface area contributed by atoms with Crippen molar-refractivity contribution in [3.63, 3.8) is 0 Å². The maximum atomic E-state index is 6.26. The van der Waals surface area contributed by atoms with Crippen molar-refractivity contribution >= 4 is 10.8 Å². The molecule has 4 nitrogen and oxygen atoms in total. The number of ether oxygens (including phenoxy) is 1. The van der Waals surface area contributed by atoms with Gasteiger partial charge in [0.05, 0.1) is 11.8 Å². The second-order valence-electron chi connectivity index (χ2n) is 7.38. The minimum Gasteiger partial charge on any atom is -0.424 e. The number of hydrogen-bond acceptors (Lipinski definition) is 4. The first-order valence-electron chi connectivity index (χ1n) is 9.78. The smallest absolute Gasteiger partial charge is 0.227 e. The lowest BCUT2D eigenvalue weighted by atomic mass is 9.74. The molecule has 0 radical (unpaired) electrons. The number of aromatic nitrogens is 2. The molecule has 0 bridgehead atoms. The molecule has 28 heavy (non-hydrogen) atoms. The highest BCUT2D eigenvalue weighted by atomic mass is 16.5. The first-order valence-corrected chi connectivity index (χ1v) is 9.78. The van der Waals surface area contributed by atoms with Crippen LogP contribution >= 0.6 is 0 Å². The minimum atomic E-state index is -0.260. The maximum Gasteiger partial charge on any atom is 0.227 e. The highest BCUT2D eigenvalue weighted by Gasteiger charge is 2.41. The summed E-state index contributed by atoms with van der Waals surface area (Å²) >= 11 is 0. The van der Waals surface area contributed by atoms with Crippen LogP contribution in [-0.4, -0.2) is 23.4 Å². The van der Waals surface area contributed by atoms with Crippen LogP contribution in [0.3, 0.4) is 0 Å². The van der Waals surface area contributed by atoms with E-state index in [0.717, 1.165) is 12.8 Å². The predicted octanol–water partition coefficient (Wildman–Crippen LogP) is 4.91. The van der Waals surface area contributed by atoms with Crippen LogP contribution in [0.15, 0.2) is 77.2 Å². The summed E-state index contributed by atoms with van der Waals surface area (Å²) in [4.78, 5) is 0. The Morgan fingerprint density at radius 2 is 1.54 bits per heavy atom. The van der Waals surface area contributed by atoms with Crippen LogP contribution in [0.1, 0.15) is 35.7 Å². The highest BCUT2D eigenvalue weighted by Crippen LogP contribution is 2.40. The molecule has 4 heteroatoms. The molecule has 140 valence electrons. The van der Waals surface area contributed by atoms with Gasteiger partial charge in [-0.25, -0.2) is 0 Å². The molecule has 0 amide bonds. The largest absolute Gasteiger partial charge is 0.424 e. The van der Waals surface area contributed by atoms with Crippen LogP contribution in [0.2, 0.25) is 0 Å². The van der Waals surface area contributed by atoms with E-state index in [1.54, 1.807) is 0 Å². The monoisotopic (exact) mass is 370 g/mol. The molecule has 0 N–H and O–H groups in total. The summed E-state index contributed by atoms with van der Waals surface area (Å²) in [6, 6.07) is 25.2. The van der Waals surface area contributed by atoms with Crippen molar-refractivity contribution < 1.29 is 9.15 Å². The Morgan fingerprint density at radius 1 is 0.786 bits per heavy atom. The normalized spacial score (nSPS) is 16.3. The second-order valence-corrected chi connectivity index (χ2v) is 7.38. The van der Waals surface area contributed by atoms with Gasteiger partial charge < -0.3 is 9.15 Å². The molecule has 1 aromatic heterocycles. The average Bonchev–Trinajstić information content (AvgIpc) is 3.24. The molecule has 1 aliphatic heterocycles. The summed E-state index contributed by atoms with van der Waals surface area (Å²) in [5.41, 5.74) is 2.16. The number of rotatable bonds is 4. The fraction of sp³-hybridized carbons (Fsp3) is 0.250. The number of benzene rings is 3. The van der Waals surface area contributed by atoms with Crippen LogP contribution in [-0.2, 0) is 16.6 Å². The Bertz CT molecular complexity index is 1080. The van der Waals surface area contributed by atoms with Gasteiger partial charge >= 0.3 is 0 Å². The Hall–Kier alpha value is -2.98. The van der Waals surface area contributed by atoms with E-state index >= 15 is 0 Å². The van der Waals surface area contributed by atoms with Gasteiger partial charge in [0.25, 0.3) is 0 Å². The molecule has 0 unspecified atom stereocenters. The zero-order valence-electron chi connectivity index (χ0n) is 15.7. The summed E-state index contributed by atoms with van der Waals surface area (Å²) in [5.74, 6) is 1.37. The quantitative estimate of drug-likeness (QED) is 0.512. The number of hydrogen-bond donors (Lipinski definition) is 0. The zero-order chi connectivity index (χ0) is 18.8. The van der Waals surface area contributed by atoms with Crippen molar-refractivity contribution in [2.24, 2.45) is 0 Å². The van der Waals surface area contributed by atoms with Gasteiger partial charge in [-0.2, -0.15) is 0 Å². The molecule has 2 heterocycles. The van der Waals surface area contributed by atoms with Gasteiger partial charge in [-0.05, 0) is 34.7 Å². The molecular weight excluding hydrogens is 348 g/mol. The lowest BCUT2D eigenvalue weighted by Gasteiger charge is -2.34. The van der Waals surface area contributed by atoms with E-state index in [4.69, 9.17) is 9.15 Å². The summed E-state index contributed by atoms with van der Waals surface area (Å²) in [6.07, 6.45) is 2.34. The molecule has 5 rings (SSSR count). The standard InChI is InChI=1S/C24H22N2O2/c1-2-10-20(11-3-1)24(13-15-27-16-14-24)23-26-25-22(28-23)17-19-9-6-8-18-7-4-5-12-21(18)19/h1-12H,13-17H2. The topological polar surface area (TPSA) is 48.2 Å². The van der Waals surface area contributed by atoms with Crippen LogP contribution < -0.4 is 0 Å². The van der Waals surface area contributed by atoms with Crippen molar-refractivity contribution in [1.82, 2.24) is 10.2 Å². The molecule has 1 saturated heterocycles. The van der Waals surface area contributed by atoms with Gasteiger partial charge in [-0.1, -0.05) is 72.8 Å². The van der Waals surface area contributed by atoms with Crippen LogP contribution in [0.4, 0.5) is 0 Å². The van der Waals surface area contributed by atoms with Gasteiger partial charge in [0.1, 0.15) is 0 Å². The van der Waals surface area contributed by atoms with E-state index in [1.165, 1.54) is 21.9 Å². The van der Waals surface area contributed by atoms with E-state index in [9.17, 15) is 0 Å². The number of fused-ring (bicyclic) bond motifs is 1. The average molecular weight is 370 g/mol. The molecular formula is C24H22N2O2. The number of nitrogens with zero attached hydrogens (tertiary/aromatic N) is 2. The van der Waals surface area contributed by atoms with E-state index < -0.39 is 0 Å². The van der Waals surface area contributed by atoms with Crippen molar-refractivity contribution in [1.29, 1.82) is 0 Å². The third-order valence-corrected chi connectivity index (χ3v) is 5.77. The third kappa shape index (κ3) is 3.00. The Kier molecular flexibility index (Phi) is 4.41. The van der Waals surface area contributed by atoms with Gasteiger partial charge in [-0.3, -0.25) is 0 Å².